The van der Waals surface area contributed by atoms with Crippen molar-refractivity contribution < 1.29 is 9.59 Å². The maximum absolute atomic E-state index is 12.1. The predicted molar refractivity (Wildman–Crippen MR) is 83.0 cm³/mol. The molecule has 0 aliphatic rings. The lowest BCUT2D eigenvalue weighted by Gasteiger charge is -2.23. The maximum Gasteiger partial charge on any atom is 0.254 e. The van der Waals surface area contributed by atoms with Gasteiger partial charge in [-0.05, 0) is 32.0 Å². The summed E-state index contributed by atoms with van der Waals surface area (Å²) >= 11 is 0. The van der Waals surface area contributed by atoms with Crippen molar-refractivity contribution in [3.05, 3.63) is 29.8 Å². The highest BCUT2D eigenvalue weighted by Crippen LogP contribution is 2.09. The highest BCUT2D eigenvalue weighted by molar-refractivity contribution is 5.97. The Morgan fingerprint density at radius 2 is 1.80 bits per heavy atom. The van der Waals surface area contributed by atoms with E-state index >= 15 is 0 Å². The van der Waals surface area contributed by atoms with E-state index in [4.69, 9.17) is 5.73 Å². The van der Waals surface area contributed by atoms with Gasteiger partial charge in [-0.25, -0.2) is 0 Å². The summed E-state index contributed by atoms with van der Waals surface area (Å²) in [7, 11) is 1.62. The van der Waals surface area contributed by atoms with Crippen molar-refractivity contribution in [1.82, 2.24) is 9.80 Å². The lowest BCUT2D eigenvalue weighted by atomic mass is 10.2. The van der Waals surface area contributed by atoms with Crippen LogP contribution >= 0.6 is 12.4 Å². The molecule has 0 fully saturated rings. The molecular weight excluding hydrogens is 278 g/mol. The molecule has 0 saturated carbocycles. The van der Waals surface area contributed by atoms with Crippen LogP contribution in [0.3, 0.4) is 0 Å². The van der Waals surface area contributed by atoms with Crippen LogP contribution in [0.2, 0.25) is 0 Å². The normalized spacial score (nSPS) is 9.55. The second-order valence-electron chi connectivity index (χ2n) is 4.35. The van der Waals surface area contributed by atoms with Gasteiger partial charge in [-0.1, -0.05) is 6.07 Å². The number of nitrogens with two attached hydrogens (primary N) is 1. The molecule has 0 aliphatic carbocycles. The molecule has 1 aromatic rings. The monoisotopic (exact) mass is 299 g/mol. The molecule has 0 saturated heterocycles. The van der Waals surface area contributed by atoms with Crippen LogP contribution in [0.15, 0.2) is 24.3 Å². The number of anilines is 1. The summed E-state index contributed by atoms with van der Waals surface area (Å²) in [6, 6.07) is 6.75. The third-order valence-electron chi connectivity index (χ3n) is 2.97. The molecule has 1 rings (SSSR count). The summed E-state index contributed by atoms with van der Waals surface area (Å²) < 4.78 is 0. The maximum atomic E-state index is 12.1. The molecule has 6 heteroatoms. The summed E-state index contributed by atoms with van der Waals surface area (Å²) in [5.74, 6) is -0.252. The first kappa shape index (κ1) is 18.2. The lowest BCUT2D eigenvalue weighted by Crippen LogP contribution is -2.41. The number of halogens is 1. The number of rotatable bonds is 5. The Balaban J connectivity index is 0.00000361. The molecule has 2 amide bonds. The van der Waals surface area contributed by atoms with Crippen LogP contribution in [0.4, 0.5) is 5.69 Å². The molecular formula is C14H22ClN3O2. The van der Waals surface area contributed by atoms with Gasteiger partial charge in [0, 0.05) is 31.4 Å². The van der Waals surface area contributed by atoms with E-state index in [1.54, 1.807) is 36.2 Å². The number of amides is 2. The zero-order valence-corrected chi connectivity index (χ0v) is 12.9. The summed E-state index contributed by atoms with van der Waals surface area (Å²) in [5, 5.41) is 0. The number of carbonyl (C=O) groups excluding carboxylic acids is 2. The zero-order chi connectivity index (χ0) is 14.4. The van der Waals surface area contributed by atoms with Gasteiger partial charge in [-0.3, -0.25) is 9.59 Å². The van der Waals surface area contributed by atoms with Crippen LogP contribution in [-0.2, 0) is 4.79 Å². The largest absolute Gasteiger partial charge is 0.399 e. The third kappa shape index (κ3) is 4.74. The average molecular weight is 300 g/mol. The second-order valence-corrected chi connectivity index (χ2v) is 4.35. The van der Waals surface area contributed by atoms with Gasteiger partial charge in [0.05, 0.1) is 6.54 Å². The molecule has 0 aromatic heterocycles. The minimum absolute atomic E-state index is 0. The van der Waals surface area contributed by atoms with E-state index in [-0.39, 0.29) is 30.8 Å². The van der Waals surface area contributed by atoms with Gasteiger partial charge in [-0.2, -0.15) is 0 Å². The van der Waals surface area contributed by atoms with Gasteiger partial charge in [0.15, 0.2) is 0 Å². The first-order valence-electron chi connectivity index (χ1n) is 6.38. The number of likely N-dealkylation sites (N-methyl/N-ethyl adjacent to an activating group) is 2. The van der Waals surface area contributed by atoms with Crippen LogP contribution in [-0.4, -0.2) is 48.3 Å². The number of hydrogen-bond donors (Lipinski definition) is 1. The average Bonchev–Trinajstić information content (AvgIpc) is 2.39. The highest BCUT2D eigenvalue weighted by Gasteiger charge is 2.17. The van der Waals surface area contributed by atoms with Gasteiger partial charge in [0.2, 0.25) is 5.91 Å². The fraction of sp³-hybridized carbons (Fsp3) is 0.429. The van der Waals surface area contributed by atoms with Crippen molar-refractivity contribution >= 4 is 29.9 Å². The van der Waals surface area contributed by atoms with Crippen molar-refractivity contribution in [2.24, 2.45) is 0 Å². The molecule has 0 atom stereocenters. The molecule has 0 bridgehead atoms. The van der Waals surface area contributed by atoms with Crippen molar-refractivity contribution in [2.75, 3.05) is 32.4 Å². The molecule has 5 nitrogen and oxygen atoms in total. The standard InChI is InChI=1S/C14H21N3O2.ClH/c1-4-17(5-2)13(18)10-16(3)14(19)11-7-6-8-12(15)9-11;/h6-9H,4-5,10,15H2,1-3H3;1H. The molecule has 0 unspecified atom stereocenters. The van der Waals surface area contributed by atoms with Crippen molar-refractivity contribution in [3.8, 4) is 0 Å². The van der Waals surface area contributed by atoms with E-state index in [9.17, 15) is 9.59 Å². The highest BCUT2D eigenvalue weighted by atomic mass is 35.5. The van der Waals surface area contributed by atoms with E-state index in [0.29, 0.717) is 24.3 Å². The quantitative estimate of drug-likeness (QED) is 0.840. The van der Waals surface area contributed by atoms with Gasteiger partial charge in [-0.15, -0.1) is 12.4 Å². The van der Waals surface area contributed by atoms with Gasteiger partial charge < -0.3 is 15.5 Å². The fourth-order valence-corrected chi connectivity index (χ4v) is 1.84. The van der Waals surface area contributed by atoms with Crippen LogP contribution in [0.1, 0.15) is 24.2 Å². The number of benzene rings is 1. The van der Waals surface area contributed by atoms with Gasteiger partial charge >= 0.3 is 0 Å². The SMILES string of the molecule is CCN(CC)C(=O)CN(C)C(=O)c1cccc(N)c1.Cl. The van der Waals surface area contributed by atoms with Crippen LogP contribution in [0, 0.1) is 0 Å². The Hall–Kier alpha value is -1.75. The Kier molecular flexibility index (Phi) is 7.69. The predicted octanol–water partition coefficient (Wildman–Crippen LogP) is 1.63. The fourth-order valence-electron chi connectivity index (χ4n) is 1.84. The molecule has 2 N–H and O–H groups in total. The Labute approximate surface area is 126 Å². The first-order chi connectivity index (χ1) is 8.99. The summed E-state index contributed by atoms with van der Waals surface area (Å²) in [6.07, 6.45) is 0. The van der Waals surface area contributed by atoms with E-state index in [2.05, 4.69) is 0 Å². The van der Waals surface area contributed by atoms with Crippen molar-refractivity contribution in [3.63, 3.8) is 0 Å². The lowest BCUT2D eigenvalue weighted by molar-refractivity contribution is -0.131. The molecule has 0 heterocycles. The zero-order valence-electron chi connectivity index (χ0n) is 12.1. The topological polar surface area (TPSA) is 66.6 Å². The number of nitrogen functional groups attached to an aromatic ring is 1. The minimum atomic E-state index is -0.201. The summed E-state index contributed by atoms with van der Waals surface area (Å²) in [4.78, 5) is 27.2. The minimum Gasteiger partial charge on any atom is -0.399 e. The first-order valence-corrected chi connectivity index (χ1v) is 6.38. The smallest absolute Gasteiger partial charge is 0.254 e. The number of carbonyl (C=O) groups is 2. The summed E-state index contributed by atoms with van der Waals surface area (Å²) in [6.45, 7) is 5.21. The van der Waals surface area contributed by atoms with Gasteiger partial charge in [0.1, 0.15) is 0 Å². The van der Waals surface area contributed by atoms with E-state index in [1.165, 1.54) is 4.90 Å². The molecule has 112 valence electrons. The number of hydrogen-bond acceptors (Lipinski definition) is 3. The van der Waals surface area contributed by atoms with Crippen molar-refractivity contribution in [1.29, 1.82) is 0 Å². The van der Waals surface area contributed by atoms with Gasteiger partial charge in [0.25, 0.3) is 5.91 Å². The molecule has 20 heavy (non-hydrogen) atoms. The van der Waals surface area contributed by atoms with Crippen LogP contribution in [0.5, 0.6) is 0 Å². The molecule has 0 aliphatic heterocycles. The Bertz CT molecular complexity index is 461. The third-order valence-corrected chi connectivity index (χ3v) is 2.97. The molecule has 0 spiro atoms. The second kappa shape index (κ2) is 8.43. The Morgan fingerprint density at radius 1 is 1.20 bits per heavy atom. The van der Waals surface area contributed by atoms with E-state index < -0.39 is 0 Å². The van der Waals surface area contributed by atoms with Crippen LogP contribution in [0.25, 0.3) is 0 Å². The van der Waals surface area contributed by atoms with Crippen molar-refractivity contribution in [2.45, 2.75) is 13.8 Å². The van der Waals surface area contributed by atoms with E-state index in [0.717, 1.165) is 0 Å². The molecule has 0 radical (unpaired) electrons. The molecule has 1 aromatic carbocycles. The van der Waals surface area contributed by atoms with Crippen LogP contribution < -0.4 is 5.73 Å². The van der Waals surface area contributed by atoms with E-state index in [1.807, 2.05) is 13.8 Å². The Morgan fingerprint density at radius 3 is 2.30 bits per heavy atom. The number of nitrogens with zero attached hydrogens (tertiary/aromatic N) is 2. The summed E-state index contributed by atoms with van der Waals surface area (Å²) in [5.41, 5.74) is 6.67.